The number of hydrogen-bond acceptors (Lipinski definition) is 6. The lowest BCUT2D eigenvalue weighted by Crippen LogP contribution is -2.30. The Morgan fingerprint density at radius 3 is 1.74 bits per heavy atom. The zero-order valence-corrected chi connectivity index (χ0v) is 22.1. The minimum absolute atomic E-state index is 0.0828. The van der Waals surface area contributed by atoms with E-state index in [0.717, 1.165) is 24.5 Å². The smallest absolute Gasteiger partial charge is 0.204 e. The first kappa shape index (κ1) is 26.1. The fourth-order valence-electron chi connectivity index (χ4n) is 4.40. The van der Waals surface area contributed by atoms with Crippen molar-refractivity contribution in [2.75, 3.05) is 35.3 Å². The Hall–Kier alpha value is -3.54. The molecule has 6 heteroatoms. The van der Waals surface area contributed by atoms with Crippen LogP contribution in [0.25, 0.3) is 0 Å². The lowest BCUT2D eigenvalue weighted by atomic mass is 10.0. The number of rotatable bonds is 10. The van der Waals surface area contributed by atoms with Gasteiger partial charge < -0.3 is 20.4 Å². The SMILES string of the molecule is CCN(c1ccc(/N=C2\C=C(Nc3ccc(N(CC)C(C)C)cc3)C(=O)C=C2NC)cc1)C(C)C. The lowest BCUT2D eigenvalue weighted by Gasteiger charge is -2.27. The molecule has 2 aromatic rings. The molecule has 0 saturated heterocycles. The van der Waals surface area contributed by atoms with Gasteiger partial charge in [0.15, 0.2) is 0 Å². The predicted molar refractivity (Wildman–Crippen MR) is 150 cm³/mol. The minimum atomic E-state index is -0.0828. The van der Waals surface area contributed by atoms with E-state index >= 15 is 0 Å². The molecule has 2 N–H and O–H groups in total. The molecule has 186 valence electrons. The van der Waals surface area contributed by atoms with Crippen LogP contribution < -0.4 is 20.4 Å². The second-order valence-corrected chi connectivity index (χ2v) is 9.18. The number of carbonyl (C=O) groups excluding carboxylic acids is 1. The van der Waals surface area contributed by atoms with E-state index < -0.39 is 0 Å². The van der Waals surface area contributed by atoms with Crippen molar-refractivity contribution in [2.45, 2.75) is 53.6 Å². The van der Waals surface area contributed by atoms with E-state index in [1.54, 1.807) is 13.1 Å². The number of nitrogens with one attached hydrogen (secondary N) is 2. The normalized spacial score (nSPS) is 14.8. The average Bonchev–Trinajstić information content (AvgIpc) is 2.83. The van der Waals surface area contributed by atoms with Crippen LogP contribution >= 0.6 is 0 Å². The maximum Gasteiger partial charge on any atom is 0.204 e. The number of allylic oxidation sites excluding steroid dienone is 2. The highest BCUT2D eigenvalue weighted by atomic mass is 16.1. The molecule has 0 bridgehead atoms. The molecule has 2 aromatic carbocycles. The van der Waals surface area contributed by atoms with Crippen LogP contribution in [-0.2, 0) is 4.79 Å². The largest absolute Gasteiger partial charge is 0.386 e. The van der Waals surface area contributed by atoms with E-state index in [1.807, 2.05) is 30.3 Å². The van der Waals surface area contributed by atoms with E-state index in [0.29, 0.717) is 29.2 Å². The van der Waals surface area contributed by atoms with E-state index in [9.17, 15) is 4.79 Å². The Morgan fingerprint density at radius 2 is 1.29 bits per heavy atom. The molecular formula is C29H39N5O. The monoisotopic (exact) mass is 473 g/mol. The number of anilines is 3. The van der Waals surface area contributed by atoms with Gasteiger partial charge in [-0.25, -0.2) is 4.99 Å². The molecule has 0 aromatic heterocycles. The van der Waals surface area contributed by atoms with E-state index in [-0.39, 0.29) is 5.78 Å². The van der Waals surface area contributed by atoms with Crippen molar-refractivity contribution in [1.29, 1.82) is 0 Å². The Morgan fingerprint density at radius 1 is 0.771 bits per heavy atom. The summed E-state index contributed by atoms with van der Waals surface area (Å²) in [5.41, 5.74) is 5.97. The molecule has 1 aliphatic carbocycles. The summed E-state index contributed by atoms with van der Waals surface area (Å²) in [6, 6.07) is 17.3. The van der Waals surface area contributed by atoms with Crippen molar-refractivity contribution in [2.24, 2.45) is 4.99 Å². The van der Waals surface area contributed by atoms with Crippen molar-refractivity contribution < 1.29 is 4.79 Å². The zero-order valence-electron chi connectivity index (χ0n) is 22.1. The first-order valence-corrected chi connectivity index (χ1v) is 12.5. The van der Waals surface area contributed by atoms with Crippen molar-refractivity contribution in [3.63, 3.8) is 0 Å². The topological polar surface area (TPSA) is 60.0 Å². The quantitative estimate of drug-likeness (QED) is 0.420. The van der Waals surface area contributed by atoms with Crippen LogP contribution in [-0.4, -0.2) is 43.7 Å². The summed E-state index contributed by atoms with van der Waals surface area (Å²) in [5.74, 6) is -0.0828. The van der Waals surface area contributed by atoms with Gasteiger partial charge in [-0.1, -0.05) is 0 Å². The molecule has 0 atom stereocenters. The molecule has 0 amide bonds. The molecular weight excluding hydrogens is 434 g/mol. The van der Waals surface area contributed by atoms with Gasteiger partial charge in [0.1, 0.15) is 0 Å². The molecule has 0 saturated carbocycles. The maximum absolute atomic E-state index is 12.8. The third-order valence-electron chi connectivity index (χ3n) is 6.20. The van der Waals surface area contributed by atoms with E-state index in [2.05, 4.69) is 86.2 Å². The van der Waals surface area contributed by atoms with Crippen LogP contribution in [0, 0.1) is 0 Å². The summed E-state index contributed by atoms with van der Waals surface area (Å²) in [4.78, 5) is 22.3. The number of hydrogen-bond donors (Lipinski definition) is 2. The molecule has 6 nitrogen and oxygen atoms in total. The Kier molecular flexibility index (Phi) is 8.74. The van der Waals surface area contributed by atoms with Crippen molar-refractivity contribution >= 4 is 34.2 Å². The number of aliphatic imine (C=N–C) groups is 1. The first-order chi connectivity index (χ1) is 16.8. The van der Waals surface area contributed by atoms with Crippen LogP contribution in [0.1, 0.15) is 41.5 Å². The summed E-state index contributed by atoms with van der Waals surface area (Å²) >= 11 is 0. The standard InChI is InChI=1S/C29H39N5O/c1-8-33(20(3)4)24-14-10-22(11-15-24)31-27-18-28(29(35)19-26(27)30-7)32-23-12-16-25(17-13-23)34(9-2)21(5)6/h10-21,30,32H,8-9H2,1-7H3/b31-27+. The van der Waals surface area contributed by atoms with Crippen LogP contribution in [0.3, 0.4) is 0 Å². The Balaban J connectivity index is 1.84. The number of carbonyl (C=O) groups is 1. The highest BCUT2D eigenvalue weighted by Gasteiger charge is 2.19. The lowest BCUT2D eigenvalue weighted by molar-refractivity contribution is -0.111. The molecule has 1 aliphatic rings. The summed E-state index contributed by atoms with van der Waals surface area (Å²) in [5, 5.41) is 6.38. The molecule has 0 fully saturated rings. The number of ketones is 1. The fourth-order valence-corrected chi connectivity index (χ4v) is 4.40. The van der Waals surface area contributed by atoms with Gasteiger partial charge in [-0.3, -0.25) is 4.79 Å². The summed E-state index contributed by atoms with van der Waals surface area (Å²) in [6.45, 7) is 15.0. The maximum atomic E-state index is 12.8. The second-order valence-electron chi connectivity index (χ2n) is 9.18. The van der Waals surface area contributed by atoms with E-state index in [1.165, 1.54) is 11.4 Å². The van der Waals surface area contributed by atoms with Crippen LogP contribution in [0.5, 0.6) is 0 Å². The molecule has 0 radical (unpaired) electrons. The van der Waals surface area contributed by atoms with Crippen molar-refractivity contribution in [1.82, 2.24) is 5.32 Å². The third kappa shape index (κ3) is 6.32. The highest BCUT2D eigenvalue weighted by molar-refractivity contribution is 6.23. The summed E-state index contributed by atoms with van der Waals surface area (Å²) in [6.07, 6.45) is 3.41. The summed E-state index contributed by atoms with van der Waals surface area (Å²) < 4.78 is 0. The van der Waals surface area contributed by atoms with Crippen LogP contribution in [0.4, 0.5) is 22.7 Å². The summed E-state index contributed by atoms with van der Waals surface area (Å²) in [7, 11) is 1.80. The minimum Gasteiger partial charge on any atom is -0.386 e. The van der Waals surface area contributed by atoms with Gasteiger partial charge in [-0.2, -0.15) is 0 Å². The molecule has 35 heavy (non-hydrogen) atoms. The van der Waals surface area contributed by atoms with Gasteiger partial charge >= 0.3 is 0 Å². The number of benzene rings is 2. The van der Waals surface area contributed by atoms with Gasteiger partial charge in [0.2, 0.25) is 5.78 Å². The fraction of sp³-hybridized carbons (Fsp3) is 0.379. The molecule has 0 aliphatic heterocycles. The van der Waals surface area contributed by atoms with Crippen molar-refractivity contribution in [3.05, 3.63) is 72.1 Å². The average molecular weight is 474 g/mol. The third-order valence-corrected chi connectivity index (χ3v) is 6.20. The Labute approximate surface area is 210 Å². The first-order valence-electron chi connectivity index (χ1n) is 12.5. The van der Waals surface area contributed by atoms with Crippen LogP contribution in [0.15, 0.2) is 77.1 Å². The van der Waals surface area contributed by atoms with Gasteiger partial charge in [0.05, 0.1) is 22.8 Å². The van der Waals surface area contributed by atoms with Gasteiger partial charge in [-0.15, -0.1) is 0 Å². The number of nitrogens with zero attached hydrogens (tertiary/aromatic N) is 3. The van der Waals surface area contributed by atoms with E-state index in [4.69, 9.17) is 4.99 Å². The molecule has 0 heterocycles. The molecule has 0 unspecified atom stereocenters. The van der Waals surface area contributed by atoms with Gasteiger partial charge in [-0.05, 0) is 96.1 Å². The predicted octanol–water partition coefficient (Wildman–Crippen LogP) is 5.91. The second kappa shape index (κ2) is 11.7. The molecule has 0 spiro atoms. The van der Waals surface area contributed by atoms with Gasteiger partial charge in [0, 0.05) is 55.4 Å². The van der Waals surface area contributed by atoms with Gasteiger partial charge in [0.25, 0.3) is 0 Å². The Bertz CT molecular complexity index is 1090. The van der Waals surface area contributed by atoms with Crippen molar-refractivity contribution in [3.8, 4) is 0 Å². The highest BCUT2D eigenvalue weighted by Crippen LogP contribution is 2.25. The van der Waals surface area contributed by atoms with Crippen LogP contribution in [0.2, 0.25) is 0 Å². The zero-order chi connectivity index (χ0) is 25.5. The molecule has 3 rings (SSSR count).